The first-order chi connectivity index (χ1) is 5.37. The Morgan fingerprint density at radius 2 is 1.83 bits per heavy atom. The van der Waals surface area contributed by atoms with Crippen LogP contribution in [0.4, 0.5) is 0 Å². The van der Waals surface area contributed by atoms with Crippen LogP contribution in [0.2, 0.25) is 18.1 Å². The van der Waals surface area contributed by atoms with Gasteiger partial charge in [-0.3, -0.25) is 0 Å². The van der Waals surface area contributed by atoms with Gasteiger partial charge in [0.25, 0.3) is 0 Å². The number of halogens is 1. The van der Waals surface area contributed by atoms with Crippen LogP contribution >= 0.6 is 15.9 Å². The van der Waals surface area contributed by atoms with Gasteiger partial charge >= 0.3 is 0 Å². The molecule has 0 aromatic rings. The zero-order valence-corrected chi connectivity index (χ0v) is 11.5. The van der Waals surface area contributed by atoms with Gasteiger partial charge in [0.15, 0.2) is 8.32 Å². The second-order valence-corrected chi connectivity index (χ2v) is 9.60. The van der Waals surface area contributed by atoms with Crippen molar-refractivity contribution < 1.29 is 4.43 Å². The van der Waals surface area contributed by atoms with Crippen LogP contribution in [0, 0.1) is 0 Å². The third-order valence-corrected chi connectivity index (χ3v) is 8.91. The Morgan fingerprint density at radius 1 is 1.33 bits per heavy atom. The molecule has 0 saturated carbocycles. The van der Waals surface area contributed by atoms with Gasteiger partial charge in [-0.15, -0.1) is 0 Å². The van der Waals surface area contributed by atoms with Crippen LogP contribution in [0.1, 0.15) is 27.2 Å². The molecule has 0 radical (unpaired) electrons. The molecule has 0 heterocycles. The largest absolute Gasteiger partial charge is 0.417 e. The quantitative estimate of drug-likeness (QED) is 0.535. The molecule has 0 saturated heterocycles. The maximum atomic E-state index is 5.94. The molecule has 12 heavy (non-hydrogen) atoms. The van der Waals surface area contributed by atoms with E-state index >= 15 is 0 Å². The molecule has 1 nitrogen and oxygen atoms in total. The lowest BCUT2D eigenvalue weighted by Gasteiger charge is -2.37. The summed E-state index contributed by atoms with van der Waals surface area (Å²) >= 11 is 3.55. The van der Waals surface area contributed by atoms with Crippen molar-refractivity contribution in [3.63, 3.8) is 0 Å². The van der Waals surface area contributed by atoms with Crippen molar-refractivity contribution in [2.24, 2.45) is 0 Å². The molecule has 0 fully saturated rings. The highest BCUT2D eigenvalue weighted by atomic mass is 79.9. The molecule has 0 spiro atoms. The number of hydrogen-bond donors (Lipinski definition) is 0. The van der Waals surface area contributed by atoms with Crippen molar-refractivity contribution in [2.45, 2.75) is 45.3 Å². The Balaban J connectivity index is 4.17. The zero-order valence-electron chi connectivity index (χ0n) is 8.91. The van der Waals surface area contributed by atoms with Crippen molar-refractivity contribution in [2.75, 3.05) is 11.9 Å². The monoisotopic (exact) mass is 252 g/mol. The molecule has 0 unspecified atom stereocenters. The van der Waals surface area contributed by atoms with Gasteiger partial charge in [-0.2, -0.15) is 0 Å². The normalized spacial score (nSPS) is 13.5. The van der Waals surface area contributed by atoms with E-state index in [1.165, 1.54) is 0 Å². The predicted molar refractivity (Wildman–Crippen MR) is 61.6 cm³/mol. The fourth-order valence-corrected chi connectivity index (χ4v) is 4.17. The Morgan fingerprint density at radius 3 is 2.17 bits per heavy atom. The van der Waals surface area contributed by atoms with Crippen LogP contribution in [-0.2, 0) is 4.43 Å². The van der Waals surface area contributed by atoms with Crippen LogP contribution in [0.3, 0.4) is 0 Å². The third-order valence-electron chi connectivity index (χ3n) is 2.63. The summed E-state index contributed by atoms with van der Waals surface area (Å²) in [6.45, 7) is 12.2. The lowest BCUT2D eigenvalue weighted by Crippen LogP contribution is -2.43. The van der Waals surface area contributed by atoms with Gasteiger partial charge in [-0.05, 0) is 24.6 Å². The fourth-order valence-electron chi connectivity index (χ4n) is 0.713. The van der Waals surface area contributed by atoms with Crippen LogP contribution in [0.5, 0.6) is 0 Å². The molecular weight excluding hydrogens is 232 g/mol. The molecular formula is C9H21BrOSi. The van der Waals surface area contributed by atoms with Gasteiger partial charge in [0, 0.05) is 11.9 Å². The van der Waals surface area contributed by atoms with Gasteiger partial charge in [0.05, 0.1) is 0 Å². The Hall–Kier alpha value is 0.657. The summed E-state index contributed by atoms with van der Waals surface area (Å²) in [5.74, 6) is 0. The van der Waals surface area contributed by atoms with Gasteiger partial charge in [0.2, 0.25) is 0 Å². The lowest BCUT2D eigenvalue weighted by atomic mass is 10.2. The van der Waals surface area contributed by atoms with Crippen LogP contribution < -0.4 is 0 Å². The SMILES string of the molecule is CCCO[Si](C)(C)C(C)(C)CBr. The van der Waals surface area contributed by atoms with Gasteiger partial charge in [0.1, 0.15) is 0 Å². The van der Waals surface area contributed by atoms with E-state index in [4.69, 9.17) is 4.43 Å². The highest BCUT2D eigenvalue weighted by Gasteiger charge is 2.39. The summed E-state index contributed by atoms with van der Waals surface area (Å²) < 4.78 is 5.94. The highest BCUT2D eigenvalue weighted by Crippen LogP contribution is 2.39. The molecule has 0 aliphatic rings. The molecule has 0 aromatic heterocycles. The molecule has 0 amide bonds. The lowest BCUT2D eigenvalue weighted by molar-refractivity contribution is 0.289. The van der Waals surface area contributed by atoms with Gasteiger partial charge in [-0.1, -0.05) is 36.7 Å². The number of hydrogen-bond acceptors (Lipinski definition) is 1. The van der Waals surface area contributed by atoms with E-state index in [0.717, 1.165) is 18.4 Å². The Kier molecular flexibility index (Phi) is 5.03. The average Bonchev–Trinajstić information content (AvgIpc) is 2.00. The number of rotatable bonds is 5. The van der Waals surface area contributed by atoms with Crippen molar-refractivity contribution in [3.05, 3.63) is 0 Å². The molecule has 0 atom stereocenters. The highest BCUT2D eigenvalue weighted by molar-refractivity contribution is 9.09. The maximum absolute atomic E-state index is 5.94. The second kappa shape index (κ2) is 4.77. The van der Waals surface area contributed by atoms with Crippen molar-refractivity contribution in [1.29, 1.82) is 0 Å². The number of alkyl halides is 1. The maximum Gasteiger partial charge on any atom is 0.193 e. The molecule has 0 aliphatic carbocycles. The van der Waals surface area contributed by atoms with E-state index in [0.29, 0.717) is 5.04 Å². The van der Waals surface area contributed by atoms with E-state index in [2.05, 4.69) is 49.8 Å². The van der Waals surface area contributed by atoms with E-state index < -0.39 is 8.32 Å². The predicted octanol–water partition coefficient (Wildman–Crippen LogP) is 3.79. The van der Waals surface area contributed by atoms with Gasteiger partial charge in [-0.25, -0.2) is 0 Å². The summed E-state index contributed by atoms with van der Waals surface area (Å²) in [5.41, 5.74) is 0. The first-order valence-corrected chi connectivity index (χ1v) is 8.60. The minimum Gasteiger partial charge on any atom is -0.417 e. The van der Waals surface area contributed by atoms with Crippen molar-refractivity contribution >= 4 is 24.2 Å². The van der Waals surface area contributed by atoms with E-state index in [1.54, 1.807) is 0 Å². The summed E-state index contributed by atoms with van der Waals surface area (Å²) in [6, 6.07) is 0. The minimum atomic E-state index is -1.50. The van der Waals surface area contributed by atoms with Crippen LogP contribution in [-0.4, -0.2) is 20.3 Å². The summed E-state index contributed by atoms with van der Waals surface area (Å²) in [4.78, 5) is 0. The Labute approximate surface area is 86.1 Å². The molecule has 0 aromatic carbocycles. The zero-order chi connectivity index (χ0) is 9.83. The smallest absolute Gasteiger partial charge is 0.193 e. The molecule has 3 heteroatoms. The fraction of sp³-hybridized carbons (Fsp3) is 1.00. The first kappa shape index (κ1) is 12.7. The first-order valence-electron chi connectivity index (χ1n) is 4.57. The summed E-state index contributed by atoms with van der Waals surface area (Å²) in [5, 5.41) is 1.35. The average molecular weight is 253 g/mol. The van der Waals surface area contributed by atoms with E-state index in [-0.39, 0.29) is 0 Å². The van der Waals surface area contributed by atoms with Crippen molar-refractivity contribution in [3.8, 4) is 0 Å². The van der Waals surface area contributed by atoms with Crippen LogP contribution in [0.15, 0.2) is 0 Å². The van der Waals surface area contributed by atoms with E-state index in [1.807, 2.05) is 0 Å². The minimum absolute atomic E-state index is 0.322. The van der Waals surface area contributed by atoms with E-state index in [9.17, 15) is 0 Å². The molecule has 0 bridgehead atoms. The third kappa shape index (κ3) is 3.19. The topological polar surface area (TPSA) is 9.23 Å². The van der Waals surface area contributed by atoms with Gasteiger partial charge < -0.3 is 4.43 Å². The summed E-state index contributed by atoms with van der Waals surface area (Å²) in [6.07, 6.45) is 1.12. The second-order valence-electron chi connectivity index (χ2n) is 4.38. The van der Waals surface area contributed by atoms with Crippen molar-refractivity contribution in [1.82, 2.24) is 0 Å². The molecule has 0 rings (SSSR count). The van der Waals surface area contributed by atoms with Crippen LogP contribution in [0.25, 0.3) is 0 Å². The standard InChI is InChI=1S/C9H21BrOSi/c1-6-7-11-12(4,5)9(2,3)8-10/h6-8H2,1-5H3. The molecule has 0 aliphatic heterocycles. The Bertz CT molecular complexity index is 134. The summed E-state index contributed by atoms with van der Waals surface area (Å²) in [7, 11) is -1.50. The molecule has 0 N–H and O–H groups in total. The molecule has 74 valence electrons.